The summed E-state index contributed by atoms with van der Waals surface area (Å²) < 4.78 is 21.7. The van der Waals surface area contributed by atoms with E-state index in [1.54, 1.807) is 0 Å². The van der Waals surface area contributed by atoms with Crippen LogP contribution in [0.1, 0.15) is 11.1 Å². The number of rotatable bonds is 9. The molecule has 1 amide bonds. The molecular weight excluding hydrogens is 630 g/mol. The maximum atomic E-state index is 13.4. The van der Waals surface area contributed by atoms with E-state index in [-0.39, 0.29) is 23.6 Å². The smallest absolute Gasteiger partial charge is 0.327 e. The SMILES string of the molecule is O=C(O)C1Cc2cc(O)c(OC3OC(CO)C(O)C(O)C3O)cc2N1C(=O)C=Cc1ccc(OC2OC(CO)C(O)C(O)C2O)cc1. The first-order valence-electron chi connectivity index (χ1n) is 14.5. The second-order valence-electron chi connectivity index (χ2n) is 11.2. The first-order valence-corrected chi connectivity index (χ1v) is 14.5. The van der Waals surface area contributed by atoms with Crippen molar-refractivity contribution in [1.82, 2.24) is 0 Å². The monoisotopic (exact) mass is 665 g/mol. The second kappa shape index (κ2) is 14.1. The summed E-state index contributed by atoms with van der Waals surface area (Å²) in [5, 5.41) is 99.6. The van der Waals surface area contributed by atoms with Crippen molar-refractivity contribution in [3.63, 3.8) is 0 Å². The van der Waals surface area contributed by atoms with Crippen LogP contribution < -0.4 is 14.4 Å². The van der Waals surface area contributed by atoms with E-state index in [9.17, 15) is 60.7 Å². The van der Waals surface area contributed by atoms with E-state index in [0.29, 0.717) is 11.1 Å². The van der Waals surface area contributed by atoms with Gasteiger partial charge >= 0.3 is 5.97 Å². The Bertz CT molecular complexity index is 1460. The van der Waals surface area contributed by atoms with Gasteiger partial charge < -0.3 is 70.0 Å². The van der Waals surface area contributed by atoms with Crippen LogP contribution in [0.5, 0.6) is 17.2 Å². The third-order valence-electron chi connectivity index (χ3n) is 8.16. The molecule has 0 aliphatic carbocycles. The summed E-state index contributed by atoms with van der Waals surface area (Å²) in [6.07, 6.45) is -13.1. The molecule has 0 spiro atoms. The number of benzene rings is 2. The van der Waals surface area contributed by atoms with Crippen LogP contribution in [0.4, 0.5) is 5.69 Å². The highest BCUT2D eigenvalue weighted by atomic mass is 16.7. The number of aromatic hydroxyl groups is 1. The lowest BCUT2D eigenvalue weighted by Crippen LogP contribution is -2.60. The summed E-state index contributed by atoms with van der Waals surface area (Å²) in [5.41, 5.74) is 0.850. The first kappa shape index (κ1) is 34.5. The van der Waals surface area contributed by atoms with Crippen LogP contribution in [-0.2, 0) is 25.5 Å². The lowest BCUT2D eigenvalue weighted by Gasteiger charge is -2.39. The Kier molecular flexibility index (Phi) is 10.3. The van der Waals surface area contributed by atoms with Gasteiger partial charge in [0.25, 0.3) is 5.91 Å². The summed E-state index contributed by atoms with van der Waals surface area (Å²) in [6.45, 7) is -1.34. The molecule has 3 aliphatic heterocycles. The fraction of sp³-hybridized carbons (Fsp3) is 0.467. The third-order valence-corrected chi connectivity index (χ3v) is 8.16. The largest absolute Gasteiger partial charge is 0.504 e. The van der Waals surface area contributed by atoms with E-state index in [0.717, 1.165) is 11.0 Å². The topological polar surface area (TPSA) is 277 Å². The van der Waals surface area contributed by atoms with Crippen molar-refractivity contribution in [1.29, 1.82) is 0 Å². The number of hydrogen-bond donors (Lipinski definition) is 10. The van der Waals surface area contributed by atoms with E-state index in [4.69, 9.17) is 18.9 Å². The molecule has 0 aromatic heterocycles. The Hall–Kier alpha value is -3.88. The number of hydrogen-bond acceptors (Lipinski definition) is 15. The highest BCUT2D eigenvalue weighted by Crippen LogP contribution is 2.42. The van der Waals surface area contributed by atoms with Gasteiger partial charge in [0.05, 0.1) is 18.9 Å². The number of carboxylic acids is 1. The van der Waals surface area contributed by atoms with Gasteiger partial charge in [-0.25, -0.2) is 4.79 Å². The summed E-state index contributed by atoms with van der Waals surface area (Å²) in [4.78, 5) is 26.4. The van der Waals surface area contributed by atoms with Crippen LogP contribution in [0.25, 0.3) is 6.08 Å². The molecule has 17 nitrogen and oxygen atoms in total. The van der Waals surface area contributed by atoms with Gasteiger partial charge in [-0.05, 0) is 35.4 Å². The summed E-state index contributed by atoms with van der Waals surface area (Å²) in [5.74, 6) is -2.71. The van der Waals surface area contributed by atoms with Gasteiger partial charge in [0.2, 0.25) is 12.6 Å². The van der Waals surface area contributed by atoms with Crippen molar-refractivity contribution in [3.8, 4) is 17.2 Å². The van der Waals surface area contributed by atoms with Gasteiger partial charge in [-0.1, -0.05) is 12.1 Å². The lowest BCUT2D eigenvalue weighted by atomic mass is 9.99. The number of phenols is 1. The Labute approximate surface area is 266 Å². The average molecular weight is 666 g/mol. The van der Waals surface area contributed by atoms with Gasteiger partial charge in [0, 0.05) is 18.6 Å². The van der Waals surface area contributed by atoms with Gasteiger partial charge in [-0.3, -0.25) is 9.69 Å². The highest BCUT2D eigenvalue weighted by Gasteiger charge is 2.46. The van der Waals surface area contributed by atoms with Crippen molar-refractivity contribution in [2.75, 3.05) is 18.1 Å². The van der Waals surface area contributed by atoms with E-state index < -0.39 is 98.3 Å². The highest BCUT2D eigenvalue weighted by molar-refractivity contribution is 6.09. The molecule has 0 bridgehead atoms. The van der Waals surface area contributed by atoms with Crippen LogP contribution in [0.2, 0.25) is 0 Å². The average Bonchev–Trinajstić information content (AvgIpc) is 3.43. The quantitative estimate of drug-likeness (QED) is 0.118. The Balaban J connectivity index is 1.31. The minimum absolute atomic E-state index is 0.0766. The Morgan fingerprint density at radius 2 is 1.36 bits per heavy atom. The molecule has 2 aromatic carbocycles. The van der Waals surface area contributed by atoms with Crippen molar-refractivity contribution in [3.05, 3.63) is 53.6 Å². The molecule has 5 rings (SSSR count). The minimum Gasteiger partial charge on any atom is -0.504 e. The predicted molar refractivity (Wildman–Crippen MR) is 155 cm³/mol. The third kappa shape index (κ3) is 6.90. The molecule has 11 unspecified atom stereocenters. The van der Waals surface area contributed by atoms with Crippen molar-refractivity contribution >= 4 is 23.6 Å². The summed E-state index contributed by atoms with van der Waals surface area (Å²) in [6, 6.07) is 6.99. The molecule has 10 N–H and O–H groups in total. The lowest BCUT2D eigenvalue weighted by molar-refractivity contribution is -0.277. The molecule has 0 saturated carbocycles. The molecule has 47 heavy (non-hydrogen) atoms. The van der Waals surface area contributed by atoms with E-state index in [1.165, 1.54) is 42.5 Å². The number of aliphatic hydroxyl groups is 8. The molecule has 11 atom stereocenters. The van der Waals surface area contributed by atoms with Crippen LogP contribution in [0.3, 0.4) is 0 Å². The number of amides is 1. The molecule has 3 aliphatic rings. The number of carboxylic acid groups (broad SMARTS) is 1. The first-order chi connectivity index (χ1) is 22.3. The second-order valence-corrected chi connectivity index (χ2v) is 11.2. The summed E-state index contributed by atoms with van der Waals surface area (Å²) in [7, 11) is 0. The van der Waals surface area contributed by atoms with Crippen LogP contribution in [-0.4, -0.2) is 144 Å². The molecule has 2 aromatic rings. The van der Waals surface area contributed by atoms with E-state index >= 15 is 0 Å². The molecule has 0 radical (unpaired) electrons. The fourth-order valence-corrected chi connectivity index (χ4v) is 5.51. The normalized spacial score (nSPS) is 33.9. The van der Waals surface area contributed by atoms with Gasteiger partial charge in [0.1, 0.15) is 60.6 Å². The standard InChI is InChI=1S/C30H35NO16/c32-10-19-22(36)24(38)26(40)29(46-19)44-14-4-1-12(2-5-14)3-6-21(35)31-15-9-18(17(34)8-13(15)7-16(31)28(42)43)45-30-27(41)25(39)23(37)20(11-33)47-30/h1-6,8-9,16,19-20,22-27,29-30,32-34,36-41H,7,10-11H2,(H,42,43). The maximum absolute atomic E-state index is 13.4. The number of aliphatic carboxylic acids is 1. The van der Waals surface area contributed by atoms with Crippen molar-refractivity contribution in [2.45, 2.75) is 73.9 Å². The zero-order valence-electron chi connectivity index (χ0n) is 24.5. The number of anilines is 1. The van der Waals surface area contributed by atoms with E-state index in [2.05, 4.69) is 0 Å². The number of phenolic OH excluding ortho intramolecular Hbond substituents is 1. The van der Waals surface area contributed by atoms with Crippen molar-refractivity contribution < 1.29 is 79.6 Å². The Morgan fingerprint density at radius 3 is 1.89 bits per heavy atom. The Morgan fingerprint density at radius 1 is 0.809 bits per heavy atom. The molecule has 2 saturated heterocycles. The zero-order valence-corrected chi connectivity index (χ0v) is 24.5. The van der Waals surface area contributed by atoms with Gasteiger partial charge in [-0.2, -0.15) is 0 Å². The number of nitrogens with zero attached hydrogens (tertiary/aromatic N) is 1. The number of fused-ring (bicyclic) bond motifs is 1. The number of aliphatic hydroxyl groups excluding tert-OH is 8. The number of carbonyl (C=O) groups is 2. The fourth-order valence-electron chi connectivity index (χ4n) is 5.51. The maximum Gasteiger partial charge on any atom is 0.327 e. The van der Waals surface area contributed by atoms with Gasteiger partial charge in [0.15, 0.2) is 11.5 Å². The van der Waals surface area contributed by atoms with Crippen LogP contribution >= 0.6 is 0 Å². The van der Waals surface area contributed by atoms with Gasteiger partial charge in [-0.15, -0.1) is 0 Å². The molecule has 256 valence electrons. The van der Waals surface area contributed by atoms with E-state index in [1.807, 2.05) is 0 Å². The molecule has 2 fully saturated rings. The number of ether oxygens (including phenoxy) is 4. The predicted octanol–water partition coefficient (Wildman–Crippen LogP) is -3.19. The minimum atomic E-state index is -1.79. The molecule has 17 heteroatoms. The molecular formula is C30H35NO16. The van der Waals surface area contributed by atoms with Crippen molar-refractivity contribution in [2.24, 2.45) is 0 Å². The zero-order chi connectivity index (χ0) is 34.2. The molecule has 3 heterocycles. The summed E-state index contributed by atoms with van der Waals surface area (Å²) >= 11 is 0. The number of carbonyl (C=O) groups excluding carboxylic acids is 1. The van der Waals surface area contributed by atoms with Crippen LogP contribution in [0, 0.1) is 0 Å². The van der Waals surface area contributed by atoms with Crippen LogP contribution in [0.15, 0.2) is 42.5 Å².